The van der Waals surface area contributed by atoms with Crippen molar-refractivity contribution in [1.29, 1.82) is 0 Å². The number of benzene rings is 2. The van der Waals surface area contributed by atoms with E-state index in [1.807, 2.05) is 32.0 Å². The molecule has 4 nitrogen and oxygen atoms in total. The third kappa shape index (κ3) is 3.45. The van der Waals surface area contributed by atoms with E-state index in [1.54, 1.807) is 22.4 Å². The number of hydrogen-bond donors (Lipinski definition) is 0. The summed E-state index contributed by atoms with van der Waals surface area (Å²) in [5, 5.41) is 0. The predicted octanol–water partition coefficient (Wildman–Crippen LogP) is 6.01. The van der Waals surface area contributed by atoms with E-state index < -0.39 is 5.54 Å². The number of methoxy groups -OCH3 is 1. The molecule has 1 amide bonds. The van der Waals surface area contributed by atoms with Crippen molar-refractivity contribution in [2.24, 2.45) is 0 Å². The lowest BCUT2D eigenvalue weighted by Crippen LogP contribution is -2.49. The largest absolute Gasteiger partial charge is 0.497 e. The third-order valence-corrected chi connectivity index (χ3v) is 8.22. The highest BCUT2D eigenvalue weighted by atomic mass is 32.9. The van der Waals surface area contributed by atoms with E-state index in [1.165, 1.54) is 34.6 Å². The minimum Gasteiger partial charge on any atom is -0.497 e. The van der Waals surface area contributed by atoms with Crippen molar-refractivity contribution in [2.75, 3.05) is 18.6 Å². The highest BCUT2D eigenvalue weighted by molar-refractivity contribution is 7.80. The number of rotatable bonds is 4. The highest BCUT2D eigenvalue weighted by Gasteiger charge is 2.43. The van der Waals surface area contributed by atoms with Gasteiger partial charge in [-0.2, -0.15) is 0 Å². The molecule has 1 aliphatic rings. The van der Waals surface area contributed by atoms with Crippen LogP contribution in [0.4, 0.5) is 10.1 Å². The van der Waals surface area contributed by atoms with Gasteiger partial charge >= 0.3 is 0 Å². The molecular formula is C21H18FNO3S3. The number of anilines is 1. The third-order valence-electron chi connectivity index (χ3n) is 4.89. The van der Waals surface area contributed by atoms with Gasteiger partial charge in [-0.1, -0.05) is 32.9 Å². The number of carbonyl (C=O) groups excluding carboxylic acids is 1. The van der Waals surface area contributed by atoms with E-state index in [4.69, 9.17) is 21.7 Å². The highest BCUT2D eigenvalue weighted by Crippen LogP contribution is 2.52. The molecule has 4 rings (SSSR count). The first-order valence-electron chi connectivity index (χ1n) is 8.86. The molecule has 0 aliphatic carbocycles. The Labute approximate surface area is 180 Å². The van der Waals surface area contributed by atoms with Gasteiger partial charge in [0.05, 0.1) is 23.2 Å². The van der Waals surface area contributed by atoms with E-state index in [-0.39, 0.29) is 18.3 Å². The van der Waals surface area contributed by atoms with Gasteiger partial charge in [-0.3, -0.25) is 9.69 Å². The van der Waals surface area contributed by atoms with Crippen LogP contribution in [0.25, 0.3) is 11.1 Å². The van der Waals surface area contributed by atoms with Gasteiger partial charge in [-0.05, 0) is 56.3 Å². The summed E-state index contributed by atoms with van der Waals surface area (Å²) in [5.41, 5.74) is 2.07. The fourth-order valence-corrected chi connectivity index (χ4v) is 6.80. The van der Waals surface area contributed by atoms with Crippen LogP contribution in [-0.4, -0.2) is 19.6 Å². The Bertz CT molecular complexity index is 1130. The average molecular weight is 448 g/mol. The molecule has 1 aliphatic heterocycles. The van der Waals surface area contributed by atoms with Crippen LogP contribution in [-0.2, 0) is 10.3 Å². The standard InChI is InChI=1S/C21H18FNO3S3/c1-21(2)19-18(20(27)29-28-19)15-10-14(25-3)8-9-16(15)23(21)17(24)11-26-13-6-4-12(22)5-7-13/h4-10H,11H2,1-3H3. The molecule has 8 heteroatoms. The summed E-state index contributed by atoms with van der Waals surface area (Å²) < 4.78 is 24.9. The summed E-state index contributed by atoms with van der Waals surface area (Å²) in [6.45, 7) is 3.85. The van der Waals surface area contributed by atoms with E-state index in [0.717, 1.165) is 25.5 Å². The number of fused-ring (bicyclic) bond motifs is 3. The summed E-state index contributed by atoms with van der Waals surface area (Å²) in [5.74, 6) is 0.599. The minimum atomic E-state index is -0.585. The Morgan fingerprint density at radius 3 is 2.52 bits per heavy atom. The van der Waals surface area contributed by atoms with Crippen LogP contribution in [0.15, 0.2) is 42.5 Å². The molecule has 0 atom stereocenters. The van der Waals surface area contributed by atoms with Crippen LogP contribution in [0, 0.1) is 9.64 Å². The van der Waals surface area contributed by atoms with Gasteiger partial charge in [-0.15, -0.1) is 0 Å². The van der Waals surface area contributed by atoms with Crippen molar-refractivity contribution >= 4 is 44.5 Å². The number of nitrogens with zero attached hydrogens (tertiary/aromatic N) is 1. The Hall–Kier alpha value is -2.29. The summed E-state index contributed by atoms with van der Waals surface area (Å²) >= 11 is 5.59. The van der Waals surface area contributed by atoms with E-state index in [2.05, 4.69) is 0 Å². The van der Waals surface area contributed by atoms with Crippen LogP contribution in [0.3, 0.4) is 0 Å². The lowest BCUT2D eigenvalue weighted by atomic mass is 9.87. The molecule has 2 aromatic carbocycles. The van der Waals surface area contributed by atoms with Crippen LogP contribution in [0.5, 0.6) is 11.5 Å². The lowest BCUT2D eigenvalue weighted by Gasteiger charge is -2.42. The van der Waals surface area contributed by atoms with Gasteiger partial charge in [0.25, 0.3) is 5.91 Å². The summed E-state index contributed by atoms with van der Waals surface area (Å²) in [7, 11) is 4.74. The molecule has 0 saturated carbocycles. The monoisotopic (exact) mass is 447 g/mol. The zero-order valence-electron chi connectivity index (χ0n) is 16.0. The maximum Gasteiger partial charge on any atom is 0.265 e. The normalized spacial score (nSPS) is 14.1. The molecule has 2 heterocycles. The van der Waals surface area contributed by atoms with Gasteiger partial charge in [0.1, 0.15) is 21.1 Å². The average Bonchev–Trinajstić information content (AvgIpc) is 3.10. The van der Waals surface area contributed by atoms with Gasteiger partial charge in [0.15, 0.2) is 6.61 Å². The zero-order valence-corrected chi connectivity index (χ0v) is 18.5. The van der Waals surface area contributed by atoms with Crippen molar-refractivity contribution in [3.05, 3.63) is 57.0 Å². The Morgan fingerprint density at radius 2 is 1.83 bits per heavy atom. The van der Waals surface area contributed by atoms with Crippen molar-refractivity contribution in [1.82, 2.24) is 0 Å². The van der Waals surface area contributed by atoms with E-state index in [0.29, 0.717) is 11.5 Å². The number of carbonyl (C=O) groups is 1. The molecule has 0 N–H and O–H groups in total. The maximum atomic E-state index is 13.3. The number of halogens is 1. The first-order chi connectivity index (χ1) is 13.8. The smallest absolute Gasteiger partial charge is 0.265 e. The second-order valence-electron chi connectivity index (χ2n) is 7.07. The van der Waals surface area contributed by atoms with Gasteiger partial charge in [0.2, 0.25) is 0 Å². The molecule has 29 heavy (non-hydrogen) atoms. The lowest BCUT2D eigenvalue weighted by molar-refractivity contribution is -0.121. The maximum absolute atomic E-state index is 13.3. The topological polar surface area (TPSA) is 38.8 Å². The Kier molecular flexibility index (Phi) is 5.18. The molecule has 0 radical (unpaired) electrons. The molecule has 0 fully saturated rings. The number of hydrogen-bond acceptors (Lipinski definition) is 6. The van der Waals surface area contributed by atoms with Crippen molar-refractivity contribution in [3.8, 4) is 22.6 Å². The van der Waals surface area contributed by atoms with Crippen LogP contribution < -0.4 is 14.4 Å². The van der Waals surface area contributed by atoms with Crippen molar-refractivity contribution in [2.45, 2.75) is 19.4 Å². The first kappa shape index (κ1) is 20.0. The fraction of sp³-hybridized carbons (Fsp3) is 0.238. The van der Waals surface area contributed by atoms with E-state index in [9.17, 15) is 9.18 Å². The predicted molar refractivity (Wildman–Crippen MR) is 117 cm³/mol. The molecule has 0 unspecified atom stereocenters. The van der Waals surface area contributed by atoms with Gasteiger partial charge in [-0.25, -0.2) is 4.39 Å². The number of amides is 1. The van der Waals surface area contributed by atoms with Gasteiger partial charge in [0, 0.05) is 11.1 Å². The molecule has 0 spiro atoms. The fourth-order valence-electron chi connectivity index (χ4n) is 3.52. The molecule has 3 aromatic rings. The molecule has 1 aromatic heterocycles. The second kappa shape index (κ2) is 7.51. The minimum absolute atomic E-state index is 0.161. The second-order valence-corrected chi connectivity index (χ2v) is 9.89. The SMILES string of the molecule is COc1ccc2c(c1)-c1c(ssc1=S)C(C)(C)N2C(=O)COc1ccc(F)cc1. The molecule has 0 saturated heterocycles. The zero-order chi connectivity index (χ0) is 20.8. The summed E-state index contributed by atoms with van der Waals surface area (Å²) in [6, 6.07) is 11.2. The van der Waals surface area contributed by atoms with Gasteiger partial charge < -0.3 is 9.47 Å². The first-order valence-corrected chi connectivity index (χ1v) is 11.4. The summed E-state index contributed by atoms with van der Waals surface area (Å²) in [4.78, 5) is 16.1. The summed E-state index contributed by atoms with van der Waals surface area (Å²) in [6.07, 6.45) is 0. The Balaban J connectivity index is 1.74. The van der Waals surface area contributed by atoms with Crippen LogP contribution in [0.1, 0.15) is 18.7 Å². The quantitative estimate of drug-likeness (QED) is 0.362. The molecular weight excluding hydrogens is 429 g/mol. The van der Waals surface area contributed by atoms with E-state index >= 15 is 0 Å². The van der Waals surface area contributed by atoms with Crippen LogP contribution >= 0.6 is 32.9 Å². The Morgan fingerprint density at radius 1 is 1.14 bits per heavy atom. The van der Waals surface area contributed by atoms with Crippen LogP contribution in [0.2, 0.25) is 0 Å². The number of ether oxygens (including phenoxy) is 2. The van der Waals surface area contributed by atoms with Crippen molar-refractivity contribution < 1.29 is 18.7 Å². The van der Waals surface area contributed by atoms with Crippen molar-refractivity contribution in [3.63, 3.8) is 0 Å². The molecule has 0 bridgehead atoms. The molecule has 150 valence electrons.